The van der Waals surface area contributed by atoms with Gasteiger partial charge in [-0.05, 0) is 24.1 Å². The molecule has 0 radical (unpaired) electrons. The van der Waals surface area contributed by atoms with E-state index in [2.05, 4.69) is 10.4 Å². The number of para-hydroxylation sites is 1. The van der Waals surface area contributed by atoms with Crippen molar-refractivity contribution < 1.29 is 9.53 Å². The lowest BCUT2D eigenvalue weighted by Gasteiger charge is -2.09. The maximum Gasteiger partial charge on any atom is 0.221 e. The molecule has 0 saturated heterocycles. The Hall–Kier alpha value is -2.30. The van der Waals surface area contributed by atoms with Gasteiger partial charge in [-0.15, -0.1) is 0 Å². The summed E-state index contributed by atoms with van der Waals surface area (Å²) in [6, 6.07) is 9.69. The number of amides is 1. The van der Waals surface area contributed by atoms with E-state index >= 15 is 0 Å². The van der Waals surface area contributed by atoms with Crippen LogP contribution in [0.25, 0.3) is 0 Å². The van der Waals surface area contributed by atoms with E-state index in [4.69, 9.17) is 4.74 Å². The second-order valence-electron chi connectivity index (χ2n) is 4.43. The number of nitrogens with zero attached hydrogens (tertiary/aromatic N) is 2. The number of methoxy groups -OCH3 is 1. The average molecular weight is 273 g/mol. The number of aryl methyl sites for hydroxylation is 1. The van der Waals surface area contributed by atoms with E-state index in [1.54, 1.807) is 18.0 Å². The van der Waals surface area contributed by atoms with Gasteiger partial charge in [-0.1, -0.05) is 18.2 Å². The number of ether oxygens (including phenoxy) is 1. The van der Waals surface area contributed by atoms with Gasteiger partial charge in [0.1, 0.15) is 5.75 Å². The first-order chi connectivity index (χ1) is 9.79. The highest BCUT2D eigenvalue weighted by molar-refractivity contribution is 5.75. The number of hydrogen-bond acceptors (Lipinski definition) is 3. The molecule has 0 aliphatic heterocycles. The zero-order valence-electron chi connectivity index (χ0n) is 11.6. The standard InChI is InChI=1S/C15H19N3O2/c1-20-14-6-3-2-5-13(14)7-10-16-15(19)8-12-18-11-4-9-17-18/h2-6,9,11H,7-8,10,12H2,1H3,(H,16,19). The molecule has 1 aromatic carbocycles. The molecule has 1 heterocycles. The molecule has 106 valence electrons. The van der Waals surface area contributed by atoms with Crippen molar-refractivity contribution >= 4 is 5.91 Å². The highest BCUT2D eigenvalue weighted by atomic mass is 16.5. The highest BCUT2D eigenvalue weighted by Crippen LogP contribution is 2.17. The average Bonchev–Trinajstić information content (AvgIpc) is 2.99. The van der Waals surface area contributed by atoms with E-state index in [9.17, 15) is 4.79 Å². The molecule has 2 rings (SSSR count). The van der Waals surface area contributed by atoms with Gasteiger partial charge >= 0.3 is 0 Å². The predicted octanol–water partition coefficient (Wildman–Crippen LogP) is 1.64. The summed E-state index contributed by atoms with van der Waals surface area (Å²) in [5.41, 5.74) is 1.10. The van der Waals surface area contributed by atoms with E-state index in [1.165, 1.54) is 0 Å². The van der Waals surface area contributed by atoms with E-state index in [1.807, 2.05) is 36.5 Å². The Morgan fingerprint density at radius 2 is 2.20 bits per heavy atom. The number of carbonyl (C=O) groups excluding carboxylic acids is 1. The molecule has 0 aliphatic rings. The number of aromatic nitrogens is 2. The largest absolute Gasteiger partial charge is 0.496 e. The van der Waals surface area contributed by atoms with Crippen LogP contribution in [0.4, 0.5) is 0 Å². The van der Waals surface area contributed by atoms with Gasteiger partial charge in [0.05, 0.1) is 7.11 Å². The molecule has 0 spiro atoms. The molecule has 1 aromatic heterocycles. The summed E-state index contributed by atoms with van der Waals surface area (Å²) in [7, 11) is 1.65. The van der Waals surface area contributed by atoms with Gasteiger partial charge in [0.2, 0.25) is 5.91 Å². The highest BCUT2D eigenvalue weighted by Gasteiger charge is 2.04. The fourth-order valence-corrected chi connectivity index (χ4v) is 1.98. The van der Waals surface area contributed by atoms with Crippen molar-refractivity contribution in [3.05, 3.63) is 48.3 Å². The lowest BCUT2D eigenvalue weighted by Crippen LogP contribution is -2.26. The van der Waals surface area contributed by atoms with Crippen molar-refractivity contribution in [2.45, 2.75) is 19.4 Å². The van der Waals surface area contributed by atoms with Crippen LogP contribution in [0.3, 0.4) is 0 Å². The maximum absolute atomic E-state index is 11.7. The number of benzene rings is 1. The summed E-state index contributed by atoms with van der Waals surface area (Å²) in [6.45, 7) is 1.21. The Labute approximate surface area is 118 Å². The maximum atomic E-state index is 11.7. The van der Waals surface area contributed by atoms with Crippen LogP contribution in [-0.4, -0.2) is 29.3 Å². The van der Waals surface area contributed by atoms with Crippen LogP contribution in [-0.2, 0) is 17.8 Å². The fraction of sp³-hybridized carbons (Fsp3) is 0.333. The quantitative estimate of drug-likeness (QED) is 0.834. The normalized spacial score (nSPS) is 10.2. The van der Waals surface area contributed by atoms with Crippen LogP contribution in [0.5, 0.6) is 5.75 Å². The lowest BCUT2D eigenvalue weighted by molar-refractivity contribution is -0.121. The SMILES string of the molecule is COc1ccccc1CCNC(=O)CCn1cccn1. The monoisotopic (exact) mass is 273 g/mol. The number of hydrogen-bond donors (Lipinski definition) is 1. The first-order valence-corrected chi connectivity index (χ1v) is 6.65. The first kappa shape index (κ1) is 14.1. The minimum absolute atomic E-state index is 0.0374. The molecule has 0 unspecified atom stereocenters. The smallest absolute Gasteiger partial charge is 0.221 e. The minimum atomic E-state index is 0.0374. The van der Waals surface area contributed by atoms with Gasteiger partial charge in [0, 0.05) is 31.9 Å². The summed E-state index contributed by atoms with van der Waals surface area (Å²) in [5.74, 6) is 0.897. The van der Waals surface area contributed by atoms with Crippen LogP contribution < -0.4 is 10.1 Å². The second kappa shape index (κ2) is 7.33. The fourth-order valence-electron chi connectivity index (χ4n) is 1.98. The summed E-state index contributed by atoms with van der Waals surface area (Å²) < 4.78 is 7.02. The Balaban J connectivity index is 1.71. The third-order valence-corrected chi connectivity index (χ3v) is 3.04. The second-order valence-corrected chi connectivity index (χ2v) is 4.43. The summed E-state index contributed by atoms with van der Waals surface area (Å²) in [5, 5.41) is 6.97. The van der Waals surface area contributed by atoms with E-state index in [0.29, 0.717) is 19.5 Å². The van der Waals surface area contributed by atoms with Crippen molar-refractivity contribution in [2.24, 2.45) is 0 Å². The van der Waals surface area contributed by atoms with Gasteiger partial charge in [0.15, 0.2) is 0 Å². The van der Waals surface area contributed by atoms with Gasteiger partial charge in [-0.2, -0.15) is 5.10 Å². The molecule has 1 N–H and O–H groups in total. The summed E-state index contributed by atoms with van der Waals surface area (Å²) >= 11 is 0. The summed E-state index contributed by atoms with van der Waals surface area (Å²) in [6.07, 6.45) is 4.76. The summed E-state index contributed by atoms with van der Waals surface area (Å²) in [4.78, 5) is 11.7. The van der Waals surface area contributed by atoms with E-state index < -0.39 is 0 Å². The molecule has 0 aliphatic carbocycles. The molecule has 20 heavy (non-hydrogen) atoms. The zero-order valence-corrected chi connectivity index (χ0v) is 11.6. The van der Waals surface area contributed by atoms with Crippen molar-refractivity contribution in [2.75, 3.05) is 13.7 Å². The third-order valence-electron chi connectivity index (χ3n) is 3.04. The molecule has 0 saturated carbocycles. The Bertz CT molecular complexity index is 538. The van der Waals surface area contributed by atoms with Crippen LogP contribution in [0.15, 0.2) is 42.7 Å². The third kappa shape index (κ3) is 4.12. The number of nitrogens with one attached hydrogen (secondary N) is 1. The topological polar surface area (TPSA) is 56.1 Å². The van der Waals surface area contributed by atoms with Crippen molar-refractivity contribution in [1.29, 1.82) is 0 Å². The molecular formula is C15H19N3O2. The molecular weight excluding hydrogens is 254 g/mol. The van der Waals surface area contributed by atoms with Crippen LogP contribution >= 0.6 is 0 Å². The zero-order chi connectivity index (χ0) is 14.2. The number of carbonyl (C=O) groups is 1. The Morgan fingerprint density at radius 1 is 1.35 bits per heavy atom. The predicted molar refractivity (Wildman–Crippen MR) is 76.6 cm³/mol. The Morgan fingerprint density at radius 3 is 2.95 bits per heavy atom. The Kier molecular flexibility index (Phi) is 5.17. The number of rotatable bonds is 7. The molecule has 0 atom stereocenters. The molecule has 5 heteroatoms. The van der Waals surface area contributed by atoms with Gasteiger partial charge in [0.25, 0.3) is 0 Å². The lowest BCUT2D eigenvalue weighted by atomic mass is 10.1. The first-order valence-electron chi connectivity index (χ1n) is 6.65. The molecule has 0 fully saturated rings. The van der Waals surface area contributed by atoms with Gasteiger partial charge in [-0.3, -0.25) is 9.48 Å². The van der Waals surface area contributed by atoms with E-state index in [-0.39, 0.29) is 5.91 Å². The molecule has 2 aromatic rings. The van der Waals surface area contributed by atoms with Crippen molar-refractivity contribution in [3.8, 4) is 5.75 Å². The van der Waals surface area contributed by atoms with Crippen LogP contribution in [0.1, 0.15) is 12.0 Å². The van der Waals surface area contributed by atoms with Crippen molar-refractivity contribution in [1.82, 2.24) is 15.1 Å². The molecule has 5 nitrogen and oxygen atoms in total. The van der Waals surface area contributed by atoms with E-state index in [0.717, 1.165) is 17.7 Å². The van der Waals surface area contributed by atoms with Gasteiger partial charge in [-0.25, -0.2) is 0 Å². The minimum Gasteiger partial charge on any atom is -0.496 e. The van der Waals surface area contributed by atoms with Crippen LogP contribution in [0.2, 0.25) is 0 Å². The molecule has 1 amide bonds. The van der Waals surface area contributed by atoms with Crippen LogP contribution in [0, 0.1) is 0 Å². The van der Waals surface area contributed by atoms with Gasteiger partial charge < -0.3 is 10.1 Å². The van der Waals surface area contributed by atoms with Crippen molar-refractivity contribution in [3.63, 3.8) is 0 Å². The molecule has 0 bridgehead atoms.